The zero-order chi connectivity index (χ0) is 13.1. The third-order valence-electron chi connectivity index (χ3n) is 3.69. The minimum atomic E-state index is 0.228. The largest absolute Gasteiger partial charge is 0.329 e. The Morgan fingerprint density at radius 3 is 2.35 bits per heavy atom. The van der Waals surface area contributed by atoms with E-state index in [-0.39, 0.29) is 5.54 Å². The highest BCUT2D eigenvalue weighted by Gasteiger charge is 2.43. The lowest BCUT2D eigenvalue weighted by Gasteiger charge is -2.51. The Bertz CT molecular complexity index is 240. The topological polar surface area (TPSA) is 29.3 Å². The van der Waals surface area contributed by atoms with Gasteiger partial charge in [0.2, 0.25) is 0 Å². The average molecular weight is 258 g/mol. The lowest BCUT2D eigenvalue weighted by Crippen LogP contribution is -2.60. The Morgan fingerprint density at radius 2 is 1.94 bits per heavy atom. The zero-order valence-electron chi connectivity index (χ0n) is 12.3. The van der Waals surface area contributed by atoms with Gasteiger partial charge in [0.05, 0.1) is 0 Å². The number of rotatable bonds is 5. The van der Waals surface area contributed by atoms with Gasteiger partial charge in [-0.1, -0.05) is 34.6 Å². The first-order valence-electron chi connectivity index (χ1n) is 6.88. The van der Waals surface area contributed by atoms with E-state index in [1.807, 2.05) is 0 Å². The van der Waals surface area contributed by atoms with E-state index in [1.165, 1.54) is 24.5 Å². The van der Waals surface area contributed by atoms with Crippen molar-refractivity contribution >= 4 is 11.8 Å². The van der Waals surface area contributed by atoms with Crippen molar-refractivity contribution in [3.63, 3.8) is 0 Å². The summed E-state index contributed by atoms with van der Waals surface area (Å²) in [6.45, 7) is 14.7. The van der Waals surface area contributed by atoms with E-state index in [9.17, 15) is 0 Å². The normalized spacial score (nSPS) is 28.9. The van der Waals surface area contributed by atoms with Gasteiger partial charge in [0.1, 0.15) is 0 Å². The zero-order valence-corrected chi connectivity index (χ0v) is 13.1. The second-order valence-corrected chi connectivity index (χ2v) is 7.68. The van der Waals surface area contributed by atoms with Crippen LogP contribution in [0.15, 0.2) is 0 Å². The Kier molecular flexibility index (Phi) is 5.36. The minimum Gasteiger partial charge on any atom is -0.329 e. The first-order valence-corrected chi connectivity index (χ1v) is 8.03. The summed E-state index contributed by atoms with van der Waals surface area (Å²) in [6.07, 6.45) is 1.24. The van der Waals surface area contributed by atoms with Crippen molar-refractivity contribution in [2.45, 2.75) is 46.6 Å². The SMILES string of the molecule is CCN(CC(C)C)C1(CN)CSCC(C)(C)C1. The van der Waals surface area contributed by atoms with Gasteiger partial charge >= 0.3 is 0 Å². The molecule has 1 heterocycles. The van der Waals surface area contributed by atoms with Crippen LogP contribution in [0, 0.1) is 11.3 Å². The van der Waals surface area contributed by atoms with E-state index in [0.717, 1.165) is 13.1 Å². The number of nitrogens with two attached hydrogens (primary N) is 1. The van der Waals surface area contributed by atoms with E-state index >= 15 is 0 Å². The molecule has 1 fully saturated rings. The summed E-state index contributed by atoms with van der Waals surface area (Å²) in [5.74, 6) is 3.19. The molecule has 0 saturated carbocycles. The summed E-state index contributed by atoms with van der Waals surface area (Å²) >= 11 is 2.08. The van der Waals surface area contributed by atoms with Crippen LogP contribution in [0.1, 0.15) is 41.0 Å². The lowest BCUT2D eigenvalue weighted by atomic mass is 9.78. The van der Waals surface area contributed by atoms with Crippen LogP contribution >= 0.6 is 11.8 Å². The summed E-state index contributed by atoms with van der Waals surface area (Å²) in [6, 6.07) is 0. The van der Waals surface area contributed by atoms with Gasteiger partial charge in [0.15, 0.2) is 0 Å². The van der Waals surface area contributed by atoms with Crippen LogP contribution in [0.4, 0.5) is 0 Å². The van der Waals surface area contributed by atoms with E-state index in [0.29, 0.717) is 11.3 Å². The highest BCUT2D eigenvalue weighted by Crippen LogP contribution is 2.41. The first-order chi connectivity index (χ1) is 7.85. The first kappa shape index (κ1) is 15.3. The Hall–Kier alpha value is 0.270. The molecule has 1 saturated heterocycles. The van der Waals surface area contributed by atoms with Gasteiger partial charge in [-0.2, -0.15) is 11.8 Å². The Labute approximate surface area is 112 Å². The summed E-state index contributed by atoms with van der Waals surface area (Å²) in [7, 11) is 0. The summed E-state index contributed by atoms with van der Waals surface area (Å²) < 4.78 is 0. The van der Waals surface area contributed by atoms with Crippen LogP contribution < -0.4 is 5.73 Å². The molecule has 0 spiro atoms. The van der Waals surface area contributed by atoms with Crippen molar-refractivity contribution < 1.29 is 0 Å². The van der Waals surface area contributed by atoms with Crippen LogP contribution in [0.25, 0.3) is 0 Å². The Morgan fingerprint density at radius 1 is 1.29 bits per heavy atom. The van der Waals surface area contributed by atoms with Crippen molar-refractivity contribution in [2.24, 2.45) is 17.1 Å². The highest BCUT2D eigenvalue weighted by atomic mass is 32.2. The molecule has 17 heavy (non-hydrogen) atoms. The molecule has 2 nitrogen and oxygen atoms in total. The van der Waals surface area contributed by atoms with Crippen molar-refractivity contribution in [1.29, 1.82) is 0 Å². The molecule has 0 radical (unpaired) electrons. The van der Waals surface area contributed by atoms with Crippen molar-refractivity contribution in [3.05, 3.63) is 0 Å². The Balaban J connectivity index is 2.84. The average Bonchev–Trinajstić information content (AvgIpc) is 2.24. The minimum absolute atomic E-state index is 0.228. The van der Waals surface area contributed by atoms with Crippen LogP contribution in [-0.2, 0) is 0 Å². The fraction of sp³-hybridized carbons (Fsp3) is 1.00. The molecule has 0 aromatic heterocycles. The molecule has 3 heteroatoms. The van der Waals surface area contributed by atoms with E-state index in [1.54, 1.807) is 0 Å². The molecular formula is C14H30N2S. The standard InChI is InChI=1S/C14H30N2S/c1-6-16(7-12(2)3)14(9-15)8-13(4,5)10-17-11-14/h12H,6-11,15H2,1-5H3. The molecular weight excluding hydrogens is 228 g/mol. The molecule has 0 aromatic carbocycles. The molecule has 102 valence electrons. The maximum absolute atomic E-state index is 6.16. The fourth-order valence-corrected chi connectivity index (χ4v) is 4.61. The molecule has 0 aromatic rings. The molecule has 0 amide bonds. The highest BCUT2D eigenvalue weighted by molar-refractivity contribution is 7.99. The monoisotopic (exact) mass is 258 g/mol. The predicted molar refractivity (Wildman–Crippen MR) is 79.6 cm³/mol. The second kappa shape index (κ2) is 5.94. The number of thioether (sulfide) groups is 1. The number of hydrogen-bond acceptors (Lipinski definition) is 3. The summed E-state index contributed by atoms with van der Waals surface area (Å²) in [4.78, 5) is 2.63. The van der Waals surface area contributed by atoms with Crippen molar-refractivity contribution in [1.82, 2.24) is 4.90 Å². The van der Waals surface area contributed by atoms with Gasteiger partial charge < -0.3 is 5.73 Å². The fourth-order valence-electron chi connectivity index (χ4n) is 3.07. The van der Waals surface area contributed by atoms with Crippen LogP contribution in [0.2, 0.25) is 0 Å². The molecule has 1 atom stereocenters. The second-order valence-electron chi connectivity index (χ2n) is 6.69. The maximum atomic E-state index is 6.16. The maximum Gasteiger partial charge on any atom is 0.0427 e. The molecule has 1 rings (SSSR count). The van der Waals surface area contributed by atoms with Gasteiger partial charge in [-0.25, -0.2) is 0 Å². The molecule has 0 bridgehead atoms. The van der Waals surface area contributed by atoms with Gasteiger partial charge in [-0.05, 0) is 30.1 Å². The van der Waals surface area contributed by atoms with Crippen molar-refractivity contribution in [2.75, 3.05) is 31.1 Å². The van der Waals surface area contributed by atoms with Gasteiger partial charge in [0, 0.05) is 24.4 Å². The lowest BCUT2D eigenvalue weighted by molar-refractivity contribution is 0.0629. The number of likely N-dealkylation sites (N-methyl/N-ethyl adjacent to an activating group) is 1. The van der Waals surface area contributed by atoms with Crippen molar-refractivity contribution in [3.8, 4) is 0 Å². The molecule has 2 N–H and O–H groups in total. The summed E-state index contributed by atoms with van der Waals surface area (Å²) in [5, 5.41) is 0. The third kappa shape index (κ3) is 3.87. The van der Waals surface area contributed by atoms with Crippen LogP contribution in [0.5, 0.6) is 0 Å². The van der Waals surface area contributed by atoms with Gasteiger partial charge in [-0.3, -0.25) is 4.90 Å². The molecule has 1 aliphatic rings. The molecule has 0 aliphatic carbocycles. The smallest absolute Gasteiger partial charge is 0.0427 e. The van der Waals surface area contributed by atoms with Crippen LogP contribution in [0.3, 0.4) is 0 Å². The summed E-state index contributed by atoms with van der Waals surface area (Å²) in [5.41, 5.74) is 6.81. The number of hydrogen-bond donors (Lipinski definition) is 1. The van der Waals surface area contributed by atoms with Gasteiger partial charge in [0.25, 0.3) is 0 Å². The molecule has 1 unspecified atom stereocenters. The third-order valence-corrected chi connectivity index (χ3v) is 5.42. The quantitative estimate of drug-likeness (QED) is 0.822. The van der Waals surface area contributed by atoms with E-state index in [2.05, 4.69) is 51.3 Å². The predicted octanol–water partition coefficient (Wildman–Crippen LogP) is 2.82. The van der Waals surface area contributed by atoms with E-state index < -0.39 is 0 Å². The van der Waals surface area contributed by atoms with Gasteiger partial charge in [-0.15, -0.1) is 0 Å². The van der Waals surface area contributed by atoms with E-state index in [4.69, 9.17) is 5.73 Å². The molecule has 1 aliphatic heterocycles. The van der Waals surface area contributed by atoms with Crippen LogP contribution in [-0.4, -0.2) is 41.6 Å². The number of nitrogens with zero attached hydrogens (tertiary/aromatic N) is 1.